The van der Waals surface area contributed by atoms with Crippen molar-refractivity contribution in [2.45, 2.75) is 24.7 Å². The number of rotatable bonds is 0. The van der Waals surface area contributed by atoms with Crippen molar-refractivity contribution in [3.63, 3.8) is 0 Å². The van der Waals surface area contributed by atoms with Gasteiger partial charge in [-0.05, 0) is 12.1 Å². The molecule has 0 bridgehead atoms. The second-order valence-corrected chi connectivity index (χ2v) is 4.16. The molecule has 1 N–H and O–H groups in total. The maximum absolute atomic E-state index is 12.5. The standard InChI is InChI=1S/C11H8F3NO2/c12-11(13,14)5-1-2-6-7(3-5)17-8-4-9(16)15-10(6)8/h1-3,8,10H,4H2,(H,15,16)/t8-,10-/m0/s1. The Morgan fingerprint density at radius 2 is 2.12 bits per heavy atom. The van der Waals surface area contributed by atoms with E-state index in [1.165, 1.54) is 6.07 Å². The molecule has 2 heterocycles. The Labute approximate surface area is 94.6 Å². The molecule has 6 heteroatoms. The molecule has 2 aliphatic rings. The van der Waals surface area contributed by atoms with E-state index in [2.05, 4.69) is 5.32 Å². The maximum atomic E-state index is 12.5. The third-order valence-corrected chi connectivity index (χ3v) is 3.03. The van der Waals surface area contributed by atoms with Gasteiger partial charge in [-0.3, -0.25) is 4.79 Å². The van der Waals surface area contributed by atoms with Crippen LogP contribution in [0.4, 0.5) is 13.2 Å². The molecule has 17 heavy (non-hydrogen) atoms. The van der Waals surface area contributed by atoms with Crippen LogP contribution in [0.2, 0.25) is 0 Å². The molecular formula is C11H8F3NO2. The Bertz CT molecular complexity index is 498. The molecule has 1 fully saturated rings. The van der Waals surface area contributed by atoms with Gasteiger partial charge in [-0.25, -0.2) is 0 Å². The third-order valence-electron chi connectivity index (χ3n) is 3.03. The van der Waals surface area contributed by atoms with E-state index in [1.54, 1.807) is 0 Å². The summed E-state index contributed by atoms with van der Waals surface area (Å²) in [5.41, 5.74) is -0.114. The van der Waals surface area contributed by atoms with Crippen molar-refractivity contribution in [2.75, 3.05) is 0 Å². The summed E-state index contributed by atoms with van der Waals surface area (Å²) in [4.78, 5) is 11.1. The summed E-state index contributed by atoms with van der Waals surface area (Å²) in [5.74, 6) is 0.0837. The summed E-state index contributed by atoms with van der Waals surface area (Å²) >= 11 is 0. The lowest BCUT2D eigenvalue weighted by Crippen LogP contribution is -2.20. The van der Waals surface area contributed by atoms with Crippen LogP contribution in [-0.4, -0.2) is 12.0 Å². The average Bonchev–Trinajstić information content (AvgIpc) is 2.71. The van der Waals surface area contributed by atoms with Crippen molar-refractivity contribution in [1.29, 1.82) is 0 Å². The zero-order valence-corrected chi connectivity index (χ0v) is 8.54. The molecule has 1 aromatic carbocycles. The minimum atomic E-state index is -4.38. The number of amides is 1. The quantitative estimate of drug-likeness (QED) is 0.757. The summed E-state index contributed by atoms with van der Waals surface area (Å²) in [6, 6.07) is 3.06. The highest BCUT2D eigenvalue weighted by Gasteiger charge is 2.43. The molecule has 3 nitrogen and oxygen atoms in total. The molecule has 1 saturated heterocycles. The molecule has 0 spiro atoms. The first kappa shape index (κ1) is 10.4. The van der Waals surface area contributed by atoms with Crippen LogP contribution in [0.5, 0.6) is 5.75 Å². The normalized spacial score (nSPS) is 26.2. The Morgan fingerprint density at radius 3 is 2.82 bits per heavy atom. The highest BCUT2D eigenvalue weighted by atomic mass is 19.4. The third kappa shape index (κ3) is 1.55. The Hall–Kier alpha value is -1.72. The first-order valence-electron chi connectivity index (χ1n) is 5.12. The van der Waals surface area contributed by atoms with Crippen LogP contribution in [0.3, 0.4) is 0 Å². The number of benzene rings is 1. The van der Waals surface area contributed by atoms with Crippen molar-refractivity contribution < 1.29 is 22.7 Å². The number of hydrogen-bond acceptors (Lipinski definition) is 2. The maximum Gasteiger partial charge on any atom is 0.416 e. The topological polar surface area (TPSA) is 38.3 Å². The first-order chi connectivity index (χ1) is 7.95. The molecule has 2 atom stereocenters. The van der Waals surface area contributed by atoms with E-state index < -0.39 is 11.7 Å². The molecule has 2 aliphatic heterocycles. The molecular weight excluding hydrogens is 235 g/mol. The number of halogens is 3. The lowest BCUT2D eigenvalue weighted by Gasteiger charge is -2.09. The number of ether oxygens (including phenoxy) is 1. The van der Waals surface area contributed by atoms with Gasteiger partial charge in [-0.1, -0.05) is 6.07 Å². The summed E-state index contributed by atoms with van der Waals surface area (Å²) in [5, 5.41) is 2.69. The fraction of sp³-hybridized carbons (Fsp3) is 0.364. The summed E-state index contributed by atoms with van der Waals surface area (Å²) in [6.07, 6.45) is -4.55. The first-order valence-corrected chi connectivity index (χ1v) is 5.12. The van der Waals surface area contributed by atoms with Crippen LogP contribution in [0.25, 0.3) is 0 Å². The second kappa shape index (κ2) is 3.15. The van der Waals surface area contributed by atoms with Gasteiger partial charge >= 0.3 is 6.18 Å². The molecule has 3 rings (SSSR count). The largest absolute Gasteiger partial charge is 0.487 e. The number of hydrogen-bond donors (Lipinski definition) is 1. The lowest BCUT2D eigenvalue weighted by atomic mass is 10.0. The molecule has 90 valence electrons. The van der Waals surface area contributed by atoms with Crippen molar-refractivity contribution in [1.82, 2.24) is 5.32 Å². The van der Waals surface area contributed by atoms with Gasteiger partial charge in [-0.2, -0.15) is 13.2 Å². The highest BCUT2D eigenvalue weighted by Crippen LogP contribution is 2.43. The molecule has 0 aromatic heterocycles. The van der Waals surface area contributed by atoms with Crippen molar-refractivity contribution >= 4 is 5.91 Å². The van der Waals surface area contributed by atoms with Crippen LogP contribution in [-0.2, 0) is 11.0 Å². The Kier molecular flexibility index (Phi) is 1.93. The Morgan fingerprint density at radius 1 is 1.35 bits per heavy atom. The molecule has 0 aliphatic carbocycles. The van der Waals surface area contributed by atoms with Gasteiger partial charge in [0.05, 0.1) is 18.0 Å². The van der Waals surface area contributed by atoms with Crippen LogP contribution in [0.1, 0.15) is 23.6 Å². The van der Waals surface area contributed by atoms with Gasteiger partial charge in [0.25, 0.3) is 0 Å². The van der Waals surface area contributed by atoms with Gasteiger partial charge in [0, 0.05) is 5.56 Å². The summed E-state index contributed by atoms with van der Waals surface area (Å²) in [7, 11) is 0. The fourth-order valence-electron chi connectivity index (χ4n) is 2.25. The molecule has 0 unspecified atom stereocenters. The number of carbonyl (C=O) groups excluding carboxylic acids is 1. The zero-order chi connectivity index (χ0) is 12.2. The minimum Gasteiger partial charge on any atom is -0.487 e. The van der Waals surface area contributed by atoms with Crippen molar-refractivity contribution in [3.8, 4) is 5.75 Å². The van der Waals surface area contributed by atoms with E-state index in [4.69, 9.17) is 4.74 Å². The van der Waals surface area contributed by atoms with Crippen LogP contribution in [0.15, 0.2) is 18.2 Å². The van der Waals surface area contributed by atoms with E-state index in [1.807, 2.05) is 0 Å². The smallest absolute Gasteiger partial charge is 0.416 e. The average molecular weight is 243 g/mol. The van der Waals surface area contributed by atoms with Crippen molar-refractivity contribution in [2.24, 2.45) is 0 Å². The number of alkyl halides is 3. The van der Waals surface area contributed by atoms with E-state index >= 15 is 0 Å². The monoisotopic (exact) mass is 243 g/mol. The van der Waals surface area contributed by atoms with Gasteiger partial charge in [0.15, 0.2) is 0 Å². The van der Waals surface area contributed by atoms with Crippen LogP contribution in [0, 0.1) is 0 Å². The summed E-state index contributed by atoms with van der Waals surface area (Å²) in [6.45, 7) is 0. The molecule has 0 saturated carbocycles. The number of carbonyl (C=O) groups is 1. The number of nitrogens with one attached hydrogen (secondary N) is 1. The minimum absolute atomic E-state index is 0.134. The van der Waals surface area contributed by atoms with E-state index in [9.17, 15) is 18.0 Å². The molecule has 1 amide bonds. The number of fused-ring (bicyclic) bond motifs is 3. The van der Waals surface area contributed by atoms with Gasteiger partial charge < -0.3 is 10.1 Å². The fourth-order valence-corrected chi connectivity index (χ4v) is 2.25. The second-order valence-electron chi connectivity index (χ2n) is 4.16. The SMILES string of the molecule is O=C1C[C@@H]2Oc3cc(C(F)(F)F)ccc3[C@@H]2N1. The summed E-state index contributed by atoms with van der Waals surface area (Å²) < 4.78 is 42.8. The van der Waals surface area contributed by atoms with E-state index in [0.717, 1.165) is 12.1 Å². The predicted octanol–water partition coefficient (Wildman–Crippen LogP) is 2.03. The van der Waals surface area contributed by atoms with E-state index in [0.29, 0.717) is 5.56 Å². The Balaban J connectivity index is 1.99. The predicted molar refractivity (Wildman–Crippen MR) is 51.4 cm³/mol. The van der Waals surface area contributed by atoms with Gasteiger partial charge in [0.1, 0.15) is 11.9 Å². The van der Waals surface area contributed by atoms with E-state index in [-0.39, 0.29) is 30.2 Å². The zero-order valence-electron chi connectivity index (χ0n) is 8.54. The molecule has 1 aromatic rings. The van der Waals surface area contributed by atoms with Crippen LogP contribution < -0.4 is 10.1 Å². The van der Waals surface area contributed by atoms with Crippen molar-refractivity contribution in [3.05, 3.63) is 29.3 Å². The van der Waals surface area contributed by atoms with Gasteiger partial charge in [-0.15, -0.1) is 0 Å². The van der Waals surface area contributed by atoms with Crippen LogP contribution >= 0.6 is 0 Å². The lowest BCUT2D eigenvalue weighted by molar-refractivity contribution is -0.137. The molecule has 0 radical (unpaired) electrons. The highest BCUT2D eigenvalue weighted by molar-refractivity contribution is 5.80. The van der Waals surface area contributed by atoms with Gasteiger partial charge in [0.2, 0.25) is 5.91 Å².